The van der Waals surface area contributed by atoms with Gasteiger partial charge in [-0.3, -0.25) is 9.59 Å². The second-order valence-electron chi connectivity index (χ2n) is 4.94. The van der Waals surface area contributed by atoms with E-state index in [1.54, 1.807) is 30.3 Å². The zero-order chi connectivity index (χ0) is 14.7. The van der Waals surface area contributed by atoms with E-state index < -0.39 is 11.6 Å². The zero-order valence-electron chi connectivity index (χ0n) is 11.9. The summed E-state index contributed by atoms with van der Waals surface area (Å²) in [6.07, 6.45) is 0. The molecule has 0 fully saturated rings. The lowest BCUT2D eigenvalue weighted by Crippen LogP contribution is -2.19. The third-order valence-electron chi connectivity index (χ3n) is 3.12. The number of rotatable bonds is 4. The van der Waals surface area contributed by atoms with Gasteiger partial charge < -0.3 is 4.90 Å². The molecule has 0 atom stereocenters. The minimum Gasteiger partial charge on any atom is -0.377 e. The smallest absolute Gasteiger partial charge is 0.235 e. The molecule has 0 unspecified atom stereocenters. The number of anilines is 1. The molecule has 0 aliphatic heterocycles. The van der Waals surface area contributed by atoms with Crippen LogP contribution in [0.5, 0.6) is 0 Å². The Morgan fingerprint density at radius 2 is 1.55 bits per heavy atom. The molecule has 3 nitrogen and oxygen atoms in total. The summed E-state index contributed by atoms with van der Waals surface area (Å²) in [5, 5.41) is 0. The summed E-state index contributed by atoms with van der Waals surface area (Å²) in [6.45, 7) is 1.96. The van der Waals surface area contributed by atoms with Gasteiger partial charge in [0.25, 0.3) is 0 Å². The fourth-order valence-electron chi connectivity index (χ4n) is 2.05. The van der Waals surface area contributed by atoms with Crippen molar-refractivity contribution >= 4 is 17.3 Å². The van der Waals surface area contributed by atoms with Crippen LogP contribution in [0.25, 0.3) is 0 Å². The van der Waals surface area contributed by atoms with Gasteiger partial charge in [-0.2, -0.15) is 0 Å². The van der Waals surface area contributed by atoms with E-state index in [-0.39, 0.29) is 0 Å². The SMILES string of the molecule is Cc1ccc(C(=O)C(=O)c2ccccc2)c(N(C)C)c1. The quantitative estimate of drug-likeness (QED) is 0.631. The minimum absolute atomic E-state index is 0.419. The Hall–Kier alpha value is -2.42. The maximum absolute atomic E-state index is 12.4. The summed E-state index contributed by atoms with van der Waals surface area (Å²) in [5.74, 6) is -0.947. The van der Waals surface area contributed by atoms with Crippen LogP contribution in [-0.2, 0) is 0 Å². The Labute approximate surface area is 118 Å². The van der Waals surface area contributed by atoms with Gasteiger partial charge in [0.05, 0.1) is 0 Å². The second kappa shape index (κ2) is 5.70. The molecular formula is C17H17NO2. The first-order valence-corrected chi connectivity index (χ1v) is 6.42. The molecular weight excluding hydrogens is 250 g/mol. The van der Waals surface area contributed by atoms with Gasteiger partial charge in [0.2, 0.25) is 11.6 Å². The highest BCUT2D eigenvalue weighted by Crippen LogP contribution is 2.22. The normalized spacial score (nSPS) is 10.2. The third-order valence-corrected chi connectivity index (χ3v) is 3.12. The van der Waals surface area contributed by atoms with Crippen LogP contribution in [0.1, 0.15) is 26.3 Å². The largest absolute Gasteiger partial charge is 0.377 e. The van der Waals surface area contributed by atoms with Gasteiger partial charge >= 0.3 is 0 Å². The van der Waals surface area contributed by atoms with E-state index in [1.165, 1.54) is 0 Å². The van der Waals surface area contributed by atoms with Crippen LogP contribution in [0.4, 0.5) is 5.69 Å². The van der Waals surface area contributed by atoms with Crippen LogP contribution >= 0.6 is 0 Å². The van der Waals surface area contributed by atoms with Crippen molar-refractivity contribution in [3.05, 3.63) is 65.2 Å². The van der Waals surface area contributed by atoms with E-state index in [2.05, 4.69) is 0 Å². The monoisotopic (exact) mass is 267 g/mol. The molecule has 2 rings (SSSR count). The fraction of sp³-hybridized carbons (Fsp3) is 0.176. The molecule has 0 N–H and O–H groups in total. The van der Waals surface area contributed by atoms with Crippen LogP contribution in [0.3, 0.4) is 0 Å². The number of carbonyl (C=O) groups is 2. The third kappa shape index (κ3) is 2.77. The zero-order valence-corrected chi connectivity index (χ0v) is 11.9. The average Bonchev–Trinajstić information content (AvgIpc) is 2.46. The Bertz CT molecular complexity index is 645. The molecule has 20 heavy (non-hydrogen) atoms. The van der Waals surface area contributed by atoms with Crippen LogP contribution in [-0.4, -0.2) is 25.7 Å². The van der Waals surface area contributed by atoms with Gasteiger partial charge in [0.1, 0.15) is 0 Å². The molecule has 0 radical (unpaired) electrons. The van der Waals surface area contributed by atoms with Gasteiger partial charge in [-0.05, 0) is 24.6 Å². The van der Waals surface area contributed by atoms with E-state index in [0.717, 1.165) is 11.3 Å². The number of hydrogen-bond acceptors (Lipinski definition) is 3. The molecule has 0 heterocycles. The topological polar surface area (TPSA) is 37.4 Å². The number of ketones is 2. The number of carbonyl (C=O) groups excluding carboxylic acids is 2. The van der Waals surface area contributed by atoms with Crippen molar-refractivity contribution in [2.75, 3.05) is 19.0 Å². The lowest BCUT2D eigenvalue weighted by molar-refractivity contribution is 0.0817. The molecule has 2 aromatic rings. The van der Waals surface area contributed by atoms with Gasteiger partial charge in [-0.15, -0.1) is 0 Å². The van der Waals surface area contributed by atoms with Crippen molar-refractivity contribution < 1.29 is 9.59 Å². The van der Waals surface area contributed by atoms with Crippen LogP contribution in [0.15, 0.2) is 48.5 Å². The molecule has 2 aromatic carbocycles. The first kappa shape index (κ1) is 14.0. The highest BCUT2D eigenvalue weighted by Gasteiger charge is 2.21. The lowest BCUT2D eigenvalue weighted by atomic mass is 9.98. The highest BCUT2D eigenvalue weighted by atomic mass is 16.2. The molecule has 0 aliphatic rings. The standard InChI is InChI=1S/C17H17NO2/c1-12-9-10-14(15(11-12)18(2)3)17(20)16(19)13-7-5-4-6-8-13/h4-11H,1-3H3. The van der Waals surface area contributed by atoms with Gasteiger partial charge in [-0.25, -0.2) is 0 Å². The lowest BCUT2D eigenvalue weighted by Gasteiger charge is -2.17. The summed E-state index contributed by atoms with van der Waals surface area (Å²) in [7, 11) is 3.72. The summed E-state index contributed by atoms with van der Waals surface area (Å²) in [5.41, 5.74) is 2.67. The molecule has 3 heteroatoms. The van der Waals surface area contributed by atoms with E-state index in [4.69, 9.17) is 0 Å². The molecule has 0 spiro atoms. The predicted octanol–water partition coefficient (Wildman–Crippen LogP) is 3.13. The average molecular weight is 267 g/mol. The van der Waals surface area contributed by atoms with Crippen molar-refractivity contribution in [3.8, 4) is 0 Å². The Morgan fingerprint density at radius 1 is 0.900 bits per heavy atom. The molecule has 102 valence electrons. The summed E-state index contributed by atoms with van der Waals surface area (Å²) < 4.78 is 0. The van der Waals surface area contributed by atoms with Crippen molar-refractivity contribution in [1.82, 2.24) is 0 Å². The Morgan fingerprint density at radius 3 is 2.15 bits per heavy atom. The maximum Gasteiger partial charge on any atom is 0.235 e. The highest BCUT2D eigenvalue weighted by molar-refractivity contribution is 6.50. The fourth-order valence-corrected chi connectivity index (χ4v) is 2.05. The molecule has 0 amide bonds. The van der Waals surface area contributed by atoms with E-state index in [1.807, 2.05) is 44.1 Å². The van der Waals surface area contributed by atoms with Crippen molar-refractivity contribution in [3.63, 3.8) is 0 Å². The van der Waals surface area contributed by atoms with E-state index in [0.29, 0.717) is 11.1 Å². The molecule has 0 aromatic heterocycles. The predicted molar refractivity (Wildman–Crippen MR) is 80.6 cm³/mol. The van der Waals surface area contributed by atoms with Gasteiger partial charge in [0.15, 0.2) is 0 Å². The molecule has 0 saturated carbocycles. The number of Topliss-reactive ketones (excluding diaryl/α,β-unsaturated/α-hetero) is 2. The molecule has 0 saturated heterocycles. The Kier molecular flexibility index (Phi) is 3.99. The maximum atomic E-state index is 12.4. The number of benzene rings is 2. The summed E-state index contributed by atoms with van der Waals surface area (Å²) in [6, 6.07) is 14.1. The molecule has 0 aliphatic carbocycles. The number of hydrogen-bond donors (Lipinski definition) is 0. The van der Waals surface area contributed by atoms with Crippen LogP contribution < -0.4 is 4.90 Å². The first-order chi connectivity index (χ1) is 9.50. The van der Waals surface area contributed by atoms with E-state index >= 15 is 0 Å². The van der Waals surface area contributed by atoms with Crippen molar-refractivity contribution in [1.29, 1.82) is 0 Å². The Balaban J connectivity index is 2.42. The summed E-state index contributed by atoms with van der Waals surface area (Å²) in [4.78, 5) is 26.5. The van der Waals surface area contributed by atoms with Gasteiger partial charge in [-0.1, -0.05) is 36.4 Å². The van der Waals surface area contributed by atoms with E-state index in [9.17, 15) is 9.59 Å². The van der Waals surface area contributed by atoms with Crippen molar-refractivity contribution in [2.45, 2.75) is 6.92 Å². The number of nitrogens with zero attached hydrogens (tertiary/aromatic N) is 1. The minimum atomic E-state index is -0.474. The number of aryl methyl sites for hydroxylation is 1. The second-order valence-corrected chi connectivity index (χ2v) is 4.94. The van der Waals surface area contributed by atoms with Crippen LogP contribution in [0.2, 0.25) is 0 Å². The molecule has 0 bridgehead atoms. The van der Waals surface area contributed by atoms with Crippen LogP contribution in [0, 0.1) is 6.92 Å². The first-order valence-electron chi connectivity index (χ1n) is 6.42. The van der Waals surface area contributed by atoms with Crippen molar-refractivity contribution in [2.24, 2.45) is 0 Å². The van der Waals surface area contributed by atoms with Gasteiger partial charge in [0, 0.05) is 30.9 Å². The summed E-state index contributed by atoms with van der Waals surface area (Å²) >= 11 is 0.